The number of pyridine rings is 1. The van der Waals surface area contributed by atoms with Crippen LogP contribution in [0.5, 0.6) is 5.75 Å². The van der Waals surface area contributed by atoms with Crippen molar-refractivity contribution < 1.29 is 14.3 Å². The Morgan fingerprint density at radius 3 is 2.63 bits per heavy atom. The highest BCUT2D eigenvalue weighted by molar-refractivity contribution is 5.67. The highest BCUT2D eigenvalue weighted by Gasteiger charge is 2.23. The van der Waals surface area contributed by atoms with Crippen molar-refractivity contribution in [3.05, 3.63) is 23.5 Å². The summed E-state index contributed by atoms with van der Waals surface area (Å²) in [6, 6.07) is 3.85. The van der Waals surface area contributed by atoms with Crippen molar-refractivity contribution in [1.82, 2.24) is 24.9 Å². The lowest BCUT2D eigenvalue weighted by Crippen LogP contribution is -2.34. The van der Waals surface area contributed by atoms with Gasteiger partial charge in [0.1, 0.15) is 23.7 Å². The van der Waals surface area contributed by atoms with Crippen LogP contribution in [-0.2, 0) is 18.4 Å². The maximum atomic E-state index is 12.4. The van der Waals surface area contributed by atoms with Crippen molar-refractivity contribution in [3.8, 4) is 17.1 Å². The highest BCUT2D eigenvalue weighted by Crippen LogP contribution is 2.29. The molecule has 0 bridgehead atoms. The third-order valence-corrected chi connectivity index (χ3v) is 6.22. The first kappa shape index (κ1) is 20.6. The first-order valence-corrected chi connectivity index (χ1v) is 10.9. The van der Waals surface area contributed by atoms with E-state index in [-0.39, 0.29) is 12.7 Å². The second kappa shape index (κ2) is 9.02. The van der Waals surface area contributed by atoms with E-state index in [4.69, 9.17) is 9.47 Å². The Morgan fingerprint density at radius 2 is 1.97 bits per heavy atom. The summed E-state index contributed by atoms with van der Waals surface area (Å²) < 4.78 is 13.3. The van der Waals surface area contributed by atoms with E-state index in [1.807, 2.05) is 19.1 Å². The van der Waals surface area contributed by atoms with Crippen LogP contribution in [0, 0.1) is 12.8 Å². The first-order valence-electron chi connectivity index (χ1n) is 10.9. The molecule has 0 atom stereocenters. The van der Waals surface area contributed by atoms with E-state index in [2.05, 4.69) is 15.3 Å². The summed E-state index contributed by atoms with van der Waals surface area (Å²) in [5.41, 5.74) is 2.88. The molecular formula is C22H31N5O3. The highest BCUT2D eigenvalue weighted by atomic mass is 16.6. The largest absolute Gasteiger partial charge is 0.489 e. The van der Waals surface area contributed by atoms with Crippen LogP contribution < -0.4 is 4.74 Å². The zero-order valence-electron chi connectivity index (χ0n) is 18.1. The second-order valence-corrected chi connectivity index (χ2v) is 8.54. The number of carbonyl (C=O) groups excluding carboxylic acids is 1. The topological polar surface area (TPSA) is 82.4 Å². The summed E-state index contributed by atoms with van der Waals surface area (Å²) in [4.78, 5) is 18.7. The van der Waals surface area contributed by atoms with Gasteiger partial charge in [-0.05, 0) is 63.5 Å². The fourth-order valence-electron chi connectivity index (χ4n) is 4.11. The van der Waals surface area contributed by atoms with Crippen LogP contribution in [0.3, 0.4) is 0 Å². The van der Waals surface area contributed by atoms with Gasteiger partial charge in [-0.25, -0.2) is 14.5 Å². The number of ether oxygens (including phenoxy) is 2. The molecule has 162 valence electrons. The van der Waals surface area contributed by atoms with Crippen molar-refractivity contribution in [3.63, 3.8) is 0 Å². The van der Waals surface area contributed by atoms with Crippen molar-refractivity contribution in [2.24, 2.45) is 13.0 Å². The Bertz CT molecular complexity index is 887. The molecule has 30 heavy (non-hydrogen) atoms. The van der Waals surface area contributed by atoms with Gasteiger partial charge < -0.3 is 14.4 Å². The number of rotatable bonds is 7. The molecule has 2 aromatic heterocycles. The quantitative estimate of drug-likeness (QED) is 0.685. The molecular weight excluding hydrogens is 382 g/mol. The molecule has 0 saturated heterocycles. The number of hydrogen-bond donors (Lipinski definition) is 0. The number of aromatic nitrogens is 4. The fourth-order valence-corrected chi connectivity index (χ4v) is 4.11. The second-order valence-electron chi connectivity index (χ2n) is 8.54. The third kappa shape index (κ3) is 4.57. The molecule has 2 aliphatic rings. The molecule has 1 amide bonds. The molecule has 0 spiro atoms. The van der Waals surface area contributed by atoms with Crippen molar-refractivity contribution in [2.45, 2.75) is 64.6 Å². The van der Waals surface area contributed by atoms with Crippen molar-refractivity contribution in [2.75, 3.05) is 13.6 Å². The normalized spacial score (nSPS) is 17.0. The van der Waals surface area contributed by atoms with Crippen LogP contribution >= 0.6 is 0 Å². The minimum atomic E-state index is -0.321. The maximum Gasteiger partial charge on any atom is 0.409 e. The minimum Gasteiger partial charge on any atom is -0.489 e. The summed E-state index contributed by atoms with van der Waals surface area (Å²) in [6.07, 6.45) is 8.29. The smallest absolute Gasteiger partial charge is 0.409 e. The van der Waals surface area contributed by atoms with Crippen molar-refractivity contribution in [1.29, 1.82) is 0 Å². The van der Waals surface area contributed by atoms with E-state index < -0.39 is 0 Å². The van der Waals surface area contributed by atoms with Gasteiger partial charge >= 0.3 is 6.09 Å². The third-order valence-electron chi connectivity index (χ3n) is 6.22. The molecule has 8 nitrogen and oxygen atoms in total. The summed E-state index contributed by atoms with van der Waals surface area (Å²) in [5, 5.41) is 8.37. The molecule has 4 rings (SSSR count). The Balaban J connectivity index is 1.42. The number of carbonyl (C=O) groups is 1. The molecule has 0 radical (unpaired) electrons. The molecule has 2 saturated carbocycles. The summed E-state index contributed by atoms with van der Waals surface area (Å²) in [7, 11) is 3.58. The van der Waals surface area contributed by atoms with E-state index in [0.717, 1.165) is 36.5 Å². The summed E-state index contributed by atoms with van der Waals surface area (Å²) >= 11 is 0. The standard InChI is InChI=1S/C22H31N5O3/c1-15-20(30-17-9-4-5-10-17)12-11-18(23-15)21-19(27(3)25-24-21)14-29-22(28)26(2)13-16-7-6-8-16/h11-12,16-17H,4-10,13-14H2,1-3H3. The minimum absolute atomic E-state index is 0.105. The van der Waals surface area contributed by atoms with Gasteiger partial charge in [-0.2, -0.15) is 0 Å². The summed E-state index contributed by atoms with van der Waals surface area (Å²) in [6.45, 7) is 2.80. The molecule has 2 aromatic rings. The molecule has 2 aliphatic carbocycles. The maximum absolute atomic E-state index is 12.4. The molecule has 8 heteroatoms. The van der Waals surface area contributed by atoms with E-state index in [1.54, 1.807) is 23.7 Å². The number of aryl methyl sites for hydroxylation is 2. The van der Waals surface area contributed by atoms with Gasteiger partial charge in [-0.1, -0.05) is 11.6 Å². The first-order chi connectivity index (χ1) is 14.5. The number of amides is 1. The van der Waals surface area contributed by atoms with Gasteiger partial charge in [0.15, 0.2) is 0 Å². The predicted octanol–water partition coefficient (Wildman–Crippen LogP) is 3.88. The average Bonchev–Trinajstić information content (AvgIpc) is 3.34. The molecule has 0 aromatic carbocycles. The zero-order valence-corrected chi connectivity index (χ0v) is 18.1. The van der Waals surface area contributed by atoms with Gasteiger partial charge in [-0.3, -0.25) is 0 Å². The van der Waals surface area contributed by atoms with Crippen LogP contribution in [0.25, 0.3) is 11.4 Å². The molecule has 0 unspecified atom stereocenters. The van der Waals surface area contributed by atoms with E-state index >= 15 is 0 Å². The Kier molecular flexibility index (Phi) is 6.20. The van der Waals surface area contributed by atoms with E-state index in [1.165, 1.54) is 32.1 Å². The average molecular weight is 414 g/mol. The van der Waals surface area contributed by atoms with E-state index in [0.29, 0.717) is 23.4 Å². The van der Waals surface area contributed by atoms with Gasteiger partial charge in [-0.15, -0.1) is 5.10 Å². The Hall–Kier alpha value is -2.64. The van der Waals surface area contributed by atoms with Gasteiger partial charge in [0, 0.05) is 20.6 Å². The van der Waals surface area contributed by atoms with Crippen molar-refractivity contribution >= 4 is 6.09 Å². The fraction of sp³-hybridized carbons (Fsp3) is 0.636. The van der Waals surface area contributed by atoms with Gasteiger partial charge in [0.2, 0.25) is 0 Å². The monoisotopic (exact) mass is 413 g/mol. The van der Waals surface area contributed by atoms with Crippen LogP contribution in [0.15, 0.2) is 12.1 Å². The lowest BCUT2D eigenvalue weighted by atomic mass is 9.85. The van der Waals surface area contributed by atoms with Gasteiger partial charge in [0.25, 0.3) is 0 Å². The predicted molar refractivity (Wildman–Crippen MR) is 112 cm³/mol. The molecule has 0 N–H and O–H groups in total. The zero-order chi connectivity index (χ0) is 21.1. The van der Waals surface area contributed by atoms with Crippen LogP contribution in [0.1, 0.15) is 56.3 Å². The SMILES string of the molecule is Cc1nc(-c2nnn(C)c2COC(=O)N(C)CC2CCC2)ccc1OC1CCCC1. The lowest BCUT2D eigenvalue weighted by Gasteiger charge is -2.29. The summed E-state index contributed by atoms with van der Waals surface area (Å²) in [5.74, 6) is 1.42. The Morgan fingerprint density at radius 1 is 1.20 bits per heavy atom. The van der Waals surface area contributed by atoms with E-state index in [9.17, 15) is 4.79 Å². The van der Waals surface area contributed by atoms with Gasteiger partial charge in [0.05, 0.1) is 17.5 Å². The molecule has 0 aliphatic heterocycles. The van der Waals surface area contributed by atoms with Crippen LogP contribution in [0.4, 0.5) is 4.79 Å². The molecule has 2 fully saturated rings. The van der Waals surface area contributed by atoms with Crippen LogP contribution in [-0.4, -0.2) is 50.7 Å². The molecule has 2 heterocycles. The number of nitrogens with zero attached hydrogens (tertiary/aromatic N) is 5. The number of hydrogen-bond acceptors (Lipinski definition) is 6. The Labute approximate surface area is 177 Å². The van der Waals surface area contributed by atoms with Crippen LogP contribution in [0.2, 0.25) is 0 Å². The lowest BCUT2D eigenvalue weighted by molar-refractivity contribution is 0.0913.